The number of amides is 2. The summed E-state index contributed by atoms with van der Waals surface area (Å²) in [6, 6.07) is 7.08. The lowest BCUT2D eigenvalue weighted by atomic mass is 9.84. The van der Waals surface area contributed by atoms with Gasteiger partial charge in [-0.25, -0.2) is 19.3 Å². The molecule has 0 saturated carbocycles. The van der Waals surface area contributed by atoms with E-state index >= 15 is 0 Å². The van der Waals surface area contributed by atoms with Gasteiger partial charge in [-0.05, 0) is 52.9 Å². The van der Waals surface area contributed by atoms with Gasteiger partial charge >= 0.3 is 0 Å². The van der Waals surface area contributed by atoms with Crippen LogP contribution in [-0.2, 0) is 16.1 Å². The molecule has 1 aromatic carbocycles. The third-order valence-electron chi connectivity index (χ3n) is 7.40. The Morgan fingerprint density at radius 1 is 1.29 bits per heavy atom. The summed E-state index contributed by atoms with van der Waals surface area (Å²) in [5, 5.41) is 3.75. The molecule has 12 heteroatoms. The van der Waals surface area contributed by atoms with E-state index in [4.69, 9.17) is 10.5 Å². The third kappa shape index (κ3) is 4.32. The molecule has 198 valence electrons. The molecule has 0 radical (unpaired) electrons. The van der Waals surface area contributed by atoms with Gasteiger partial charge in [0.1, 0.15) is 40.8 Å². The summed E-state index contributed by atoms with van der Waals surface area (Å²) in [5.41, 5.74) is 6.73. The maximum Gasteiger partial charge on any atom is 0.248 e. The van der Waals surface area contributed by atoms with Crippen LogP contribution in [0.4, 0.5) is 16.0 Å². The van der Waals surface area contributed by atoms with Crippen LogP contribution in [0.2, 0.25) is 0 Å². The van der Waals surface area contributed by atoms with Crippen molar-refractivity contribution in [2.24, 2.45) is 5.41 Å². The summed E-state index contributed by atoms with van der Waals surface area (Å²) < 4.78 is 22.1. The molecular weight excluding hydrogens is 557 g/mol. The van der Waals surface area contributed by atoms with Gasteiger partial charge in [0.15, 0.2) is 11.6 Å². The minimum Gasteiger partial charge on any atom is -0.494 e. The molecular formula is C26H27BrFN7O3. The number of ether oxygens (including phenoxy) is 1. The number of nitrogen functional groups attached to an aromatic ring is 1. The fourth-order valence-corrected chi connectivity index (χ4v) is 5.52. The van der Waals surface area contributed by atoms with E-state index < -0.39 is 11.9 Å². The summed E-state index contributed by atoms with van der Waals surface area (Å²) >= 11 is 3.31. The van der Waals surface area contributed by atoms with Crippen molar-refractivity contribution in [3.8, 4) is 5.75 Å². The number of carbonyl (C=O) groups is 2. The Balaban J connectivity index is 1.54. The maximum atomic E-state index is 14.6. The van der Waals surface area contributed by atoms with E-state index in [1.165, 1.54) is 25.6 Å². The van der Waals surface area contributed by atoms with E-state index in [9.17, 15) is 14.0 Å². The van der Waals surface area contributed by atoms with Crippen molar-refractivity contribution in [2.45, 2.75) is 45.8 Å². The summed E-state index contributed by atoms with van der Waals surface area (Å²) in [6.45, 7) is 5.85. The van der Waals surface area contributed by atoms with E-state index in [1.807, 2.05) is 20.8 Å². The van der Waals surface area contributed by atoms with E-state index in [-0.39, 0.29) is 41.4 Å². The van der Waals surface area contributed by atoms with Crippen LogP contribution >= 0.6 is 15.9 Å². The smallest absolute Gasteiger partial charge is 0.248 e. The van der Waals surface area contributed by atoms with Gasteiger partial charge < -0.3 is 25.3 Å². The molecule has 1 aliphatic heterocycles. The number of likely N-dealkylation sites (tertiary alicyclic amines) is 1. The van der Waals surface area contributed by atoms with E-state index in [1.54, 1.807) is 27.7 Å². The quantitative estimate of drug-likeness (QED) is 0.338. The zero-order valence-corrected chi connectivity index (χ0v) is 22.9. The highest BCUT2D eigenvalue weighted by atomic mass is 79.9. The highest BCUT2D eigenvalue weighted by molar-refractivity contribution is 9.10. The maximum absolute atomic E-state index is 14.6. The van der Waals surface area contributed by atoms with Crippen LogP contribution in [0.3, 0.4) is 0 Å². The molecule has 2 atom stereocenters. The number of nitrogens with zero attached hydrogens (tertiary/aromatic N) is 5. The Bertz CT molecular complexity index is 1590. The second kappa shape index (κ2) is 9.50. The van der Waals surface area contributed by atoms with Crippen molar-refractivity contribution in [1.29, 1.82) is 0 Å². The molecule has 2 amide bonds. The van der Waals surface area contributed by atoms with E-state index in [0.717, 1.165) is 0 Å². The van der Waals surface area contributed by atoms with Gasteiger partial charge in [0.05, 0.1) is 18.0 Å². The molecule has 5 rings (SSSR count). The van der Waals surface area contributed by atoms with Crippen molar-refractivity contribution < 1.29 is 18.7 Å². The highest BCUT2D eigenvalue weighted by Gasteiger charge is 2.49. The Labute approximate surface area is 226 Å². The first-order valence-electron chi connectivity index (χ1n) is 12.0. The SMILES string of the molecule is COc1cc2c(cc1F)c1c(N)ncnc1n2CC(=O)N1[C@H](C(=O)Nc2cccc(Br)n2)CC(C)(C)[C@H]1C. The number of halogens is 2. The number of methoxy groups -OCH3 is 1. The lowest BCUT2D eigenvalue weighted by Gasteiger charge is -2.31. The minimum atomic E-state index is -0.715. The summed E-state index contributed by atoms with van der Waals surface area (Å²) in [6.07, 6.45) is 1.77. The lowest BCUT2D eigenvalue weighted by Crippen LogP contribution is -2.48. The number of rotatable bonds is 5. The normalized spacial score (nSPS) is 18.7. The highest BCUT2D eigenvalue weighted by Crippen LogP contribution is 2.41. The van der Waals surface area contributed by atoms with Gasteiger partial charge in [-0.2, -0.15) is 0 Å². The molecule has 3 N–H and O–H groups in total. The van der Waals surface area contributed by atoms with Crippen LogP contribution in [0.25, 0.3) is 21.9 Å². The standard InChI is InChI=1S/C26H27BrFN7O3/c1-13-26(2,3)10-17(25(37)33-20-7-5-6-19(27)32-20)35(13)21(36)11-34-16-9-18(38-4)15(28)8-14(16)22-23(29)30-12-31-24(22)34/h5-9,12-13,17H,10-11H2,1-4H3,(H2,29,30,31)(H,32,33,37)/t13-,17+/m1/s1. The molecule has 4 heterocycles. The third-order valence-corrected chi connectivity index (χ3v) is 7.84. The minimum absolute atomic E-state index is 0.0231. The van der Waals surface area contributed by atoms with Gasteiger partial charge in [0, 0.05) is 17.5 Å². The largest absolute Gasteiger partial charge is 0.494 e. The predicted molar refractivity (Wildman–Crippen MR) is 145 cm³/mol. The molecule has 0 aliphatic carbocycles. The number of pyridine rings is 1. The van der Waals surface area contributed by atoms with Gasteiger partial charge in [-0.3, -0.25) is 9.59 Å². The number of benzene rings is 1. The molecule has 1 fully saturated rings. The molecule has 0 spiro atoms. The summed E-state index contributed by atoms with van der Waals surface area (Å²) in [7, 11) is 1.37. The van der Waals surface area contributed by atoms with Crippen molar-refractivity contribution in [3.05, 3.63) is 47.1 Å². The first kappa shape index (κ1) is 25.8. The molecule has 3 aromatic heterocycles. The predicted octanol–water partition coefficient (Wildman–Crippen LogP) is 4.13. The first-order chi connectivity index (χ1) is 18.0. The number of nitrogens with one attached hydrogen (secondary N) is 1. The van der Waals surface area contributed by atoms with Crippen molar-refractivity contribution in [2.75, 3.05) is 18.2 Å². The zero-order valence-electron chi connectivity index (χ0n) is 21.3. The van der Waals surface area contributed by atoms with E-state index in [0.29, 0.717) is 38.8 Å². The molecule has 1 saturated heterocycles. The van der Waals surface area contributed by atoms with Crippen LogP contribution in [-0.4, -0.2) is 55.4 Å². The van der Waals surface area contributed by atoms with Crippen LogP contribution in [0.15, 0.2) is 41.3 Å². The van der Waals surface area contributed by atoms with Crippen LogP contribution in [0.1, 0.15) is 27.2 Å². The number of carbonyl (C=O) groups excluding carboxylic acids is 2. The number of aromatic nitrogens is 4. The van der Waals surface area contributed by atoms with Crippen molar-refractivity contribution in [1.82, 2.24) is 24.4 Å². The van der Waals surface area contributed by atoms with Gasteiger partial charge in [0.2, 0.25) is 11.8 Å². The Hall–Kier alpha value is -3.80. The molecule has 0 unspecified atom stereocenters. The Kier molecular flexibility index (Phi) is 6.46. The average molecular weight is 584 g/mol. The number of hydrogen-bond acceptors (Lipinski definition) is 7. The van der Waals surface area contributed by atoms with Gasteiger partial charge in [0.25, 0.3) is 0 Å². The van der Waals surface area contributed by atoms with Crippen LogP contribution < -0.4 is 15.8 Å². The molecule has 4 aromatic rings. The Morgan fingerprint density at radius 2 is 2.05 bits per heavy atom. The number of nitrogens with two attached hydrogens (primary N) is 1. The number of hydrogen-bond donors (Lipinski definition) is 2. The van der Waals surface area contributed by atoms with Gasteiger partial charge in [-0.15, -0.1) is 0 Å². The fourth-order valence-electron chi connectivity index (χ4n) is 5.18. The second-order valence-electron chi connectivity index (χ2n) is 10.1. The topological polar surface area (TPSA) is 128 Å². The fraction of sp³-hybridized carbons (Fsp3) is 0.346. The van der Waals surface area contributed by atoms with Gasteiger partial charge in [-0.1, -0.05) is 19.9 Å². The van der Waals surface area contributed by atoms with Crippen molar-refractivity contribution in [3.63, 3.8) is 0 Å². The molecule has 10 nitrogen and oxygen atoms in total. The first-order valence-corrected chi connectivity index (χ1v) is 12.8. The average Bonchev–Trinajstić information content (AvgIpc) is 3.29. The van der Waals surface area contributed by atoms with Crippen molar-refractivity contribution >= 4 is 61.3 Å². The Morgan fingerprint density at radius 3 is 2.76 bits per heavy atom. The lowest BCUT2D eigenvalue weighted by molar-refractivity contribution is -0.139. The van der Waals surface area contributed by atoms with E-state index in [2.05, 4.69) is 36.2 Å². The summed E-state index contributed by atoms with van der Waals surface area (Å²) in [4.78, 5) is 41.7. The van der Waals surface area contributed by atoms with Crippen LogP contribution in [0.5, 0.6) is 5.75 Å². The van der Waals surface area contributed by atoms with Crippen LogP contribution in [0, 0.1) is 11.2 Å². The zero-order chi connectivity index (χ0) is 27.4. The number of fused-ring (bicyclic) bond motifs is 3. The molecule has 1 aliphatic rings. The molecule has 38 heavy (non-hydrogen) atoms. The molecule has 0 bridgehead atoms. The monoisotopic (exact) mass is 583 g/mol. The summed E-state index contributed by atoms with van der Waals surface area (Å²) in [5.74, 6) is -0.594. The second-order valence-corrected chi connectivity index (χ2v) is 10.9. The number of anilines is 2.